The van der Waals surface area contributed by atoms with Gasteiger partial charge in [-0.15, -0.1) is 0 Å². The maximum absolute atomic E-state index is 12.4. The molecule has 0 saturated carbocycles. The minimum atomic E-state index is -0.239. The van der Waals surface area contributed by atoms with Crippen LogP contribution in [0.2, 0.25) is 0 Å². The van der Waals surface area contributed by atoms with Crippen LogP contribution in [-0.4, -0.2) is 40.4 Å². The van der Waals surface area contributed by atoms with Crippen molar-refractivity contribution in [2.24, 2.45) is 0 Å². The van der Waals surface area contributed by atoms with E-state index in [0.29, 0.717) is 24.2 Å². The second-order valence-corrected chi connectivity index (χ2v) is 7.11. The fourth-order valence-corrected chi connectivity index (χ4v) is 3.71. The van der Waals surface area contributed by atoms with E-state index in [4.69, 9.17) is 4.42 Å². The van der Waals surface area contributed by atoms with Crippen LogP contribution in [0, 0.1) is 0 Å². The second-order valence-electron chi connectivity index (χ2n) is 7.11. The summed E-state index contributed by atoms with van der Waals surface area (Å²) in [7, 11) is 0. The molecule has 1 amide bonds. The lowest BCUT2D eigenvalue weighted by atomic mass is 10.1. The van der Waals surface area contributed by atoms with Gasteiger partial charge < -0.3 is 14.7 Å². The Hall–Kier alpha value is -2.93. The third kappa shape index (κ3) is 4.14. The first-order chi connectivity index (χ1) is 13.7. The van der Waals surface area contributed by atoms with Crippen molar-refractivity contribution in [1.29, 1.82) is 0 Å². The number of hydrogen-bond acceptors (Lipinski definition) is 5. The SMILES string of the molecule is O=C(CCc1nc2ccccc2[nH]c1=O)NC[C@H](c1ccco1)N1CCCC1. The van der Waals surface area contributed by atoms with Crippen LogP contribution >= 0.6 is 0 Å². The molecule has 1 aliphatic heterocycles. The van der Waals surface area contributed by atoms with Gasteiger partial charge in [-0.2, -0.15) is 0 Å². The quantitative estimate of drug-likeness (QED) is 0.657. The summed E-state index contributed by atoms with van der Waals surface area (Å²) in [5.74, 6) is 0.778. The number of amides is 1. The molecule has 1 atom stereocenters. The number of hydrogen-bond donors (Lipinski definition) is 2. The third-order valence-electron chi connectivity index (χ3n) is 5.20. The van der Waals surface area contributed by atoms with Crippen molar-refractivity contribution >= 4 is 16.9 Å². The molecule has 1 aliphatic rings. The standard InChI is InChI=1S/C21H24N4O3/c26-20(10-9-17-21(27)24-16-7-2-1-6-15(16)23-17)22-14-18(19-8-5-13-28-19)25-11-3-4-12-25/h1-2,5-8,13,18H,3-4,9-12,14H2,(H,22,26)(H,24,27)/t18-/m1/s1. The molecule has 1 aromatic carbocycles. The van der Waals surface area contributed by atoms with Crippen LogP contribution in [0.3, 0.4) is 0 Å². The smallest absolute Gasteiger partial charge is 0.270 e. The van der Waals surface area contributed by atoms with E-state index in [2.05, 4.69) is 20.2 Å². The molecular weight excluding hydrogens is 356 g/mol. The molecule has 146 valence electrons. The zero-order chi connectivity index (χ0) is 19.3. The Kier molecular flexibility index (Phi) is 5.53. The highest BCUT2D eigenvalue weighted by Gasteiger charge is 2.25. The van der Waals surface area contributed by atoms with Gasteiger partial charge in [0.05, 0.1) is 23.3 Å². The Morgan fingerprint density at radius 3 is 2.82 bits per heavy atom. The summed E-state index contributed by atoms with van der Waals surface area (Å²) in [4.78, 5) is 34.1. The van der Waals surface area contributed by atoms with Gasteiger partial charge >= 0.3 is 0 Å². The molecule has 3 heterocycles. The van der Waals surface area contributed by atoms with E-state index in [-0.39, 0.29) is 23.9 Å². The van der Waals surface area contributed by atoms with E-state index >= 15 is 0 Å². The molecule has 1 saturated heterocycles. The van der Waals surface area contributed by atoms with Crippen LogP contribution in [0.1, 0.15) is 36.8 Å². The average Bonchev–Trinajstić information content (AvgIpc) is 3.41. The third-order valence-corrected chi connectivity index (χ3v) is 5.20. The fraction of sp³-hybridized carbons (Fsp3) is 0.381. The fourth-order valence-electron chi connectivity index (χ4n) is 3.71. The molecule has 7 heteroatoms. The van der Waals surface area contributed by atoms with Gasteiger partial charge in [0.2, 0.25) is 5.91 Å². The topological polar surface area (TPSA) is 91.2 Å². The number of furan rings is 1. The summed E-state index contributed by atoms with van der Waals surface area (Å²) in [5, 5.41) is 2.99. The predicted molar refractivity (Wildman–Crippen MR) is 106 cm³/mol. The second kappa shape index (κ2) is 8.39. The van der Waals surface area contributed by atoms with E-state index < -0.39 is 0 Å². The monoisotopic (exact) mass is 380 g/mol. The predicted octanol–water partition coefficient (Wildman–Crippen LogP) is 2.40. The van der Waals surface area contributed by atoms with Crippen LogP contribution in [-0.2, 0) is 11.2 Å². The number of H-pyrrole nitrogens is 1. The normalized spacial score (nSPS) is 15.7. The van der Waals surface area contributed by atoms with Crippen molar-refractivity contribution in [3.8, 4) is 0 Å². The number of likely N-dealkylation sites (tertiary alicyclic amines) is 1. The van der Waals surface area contributed by atoms with Crippen LogP contribution in [0.5, 0.6) is 0 Å². The van der Waals surface area contributed by atoms with Crippen LogP contribution in [0.25, 0.3) is 11.0 Å². The molecule has 0 spiro atoms. The van der Waals surface area contributed by atoms with Gasteiger partial charge in [-0.1, -0.05) is 12.1 Å². The average molecular weight is 380 g/mol. The number of nitrogens with zero attached hydrogens (tertiary/aromatic N) is 2. The van der Waals surface area contributed by atoms with Crippen LogP contribution < -0.4 is 10.9 Å². The lowest BCUT2D eigenvalue weighted by molar-refractivity contribution is -0.121. The number of rotatable bonds is 7. The Morgan fingerprint density at radius 2 is 2.04 bits per heavy atom. The molecule has 4 rings (SSSR count). The van der Waals surface area contributed by atoms with E-state index in [1.807, 2.05) is 36.4 Å². The summed E-state index contributed by atoms with van der Waals surface area (Å²) in [6.07, 6.45) is 4.53. The Bertz CT molecular complexity index is 990. The van der Waals surface area contributed by atoms with Gasteiger partial charge in [0, 0.05) is 19.4 Å². The Labute approximate surface area is 162 Å². The summed E-state index contributed by atoms with van der Waals surface area (Å²) >= 11 is 0. The Morgan fingerprint density at radius 1 is 1.21 bits per heavy atom. The molecule has 1 fully saturated rings. The number of nitrogens with one attached hydrogen (secondary N) is 2. The highest BCUT2D eigenvalue weighted by molar-refractivity contribution is 5.76. The van der Waals surface area contributed by atoms with Crippen molar-refractivity contribution in [1.82, 2.24) is 20.2 Å². The van der Waals surface area contributed by atoms with Gasteiger partial charge in [0.1, 0.15) is 11.5 Å². The largest absolute Gasteiger partial charge is 0.468 e. The number of benzene rings is 1. The molecule has 0 aliphatic carbocycles. The molecule has 2 N–H and O–H groups in total. The van der Waals surface area contributed by atoms with Gasteiger partial charge in [0.15, 0.2) is 0 Å². The number of carbonyl (C=O) groups excluding carboxylic acids is 1. The Balaban J connectivity index is 1.36. The molecule has 28 heavy (non-hydrogen) atoms. The number of aromatic amines is 1. The molecule has 0 bridgehead atoms. The minimum absolute atomic E-state index is 0.0450. The first-order valence-electron chi connectivity index (χ1n) is 9.73. The first kappa shape index (κ1) is 18.4. The number of para-hydroxylation sites is 2. The van der Waals surface area contributed by atoms with Crippen molar-refractivity contribution in [2.75, 3.05) is 19.6 Å². The van der Waals surface area contributed by atoms with Crippen molar-refractivity contribution in [2.45, 2.75) is 31.7 Å². The highest BCUT2D eigenvalue weighted by atomic mass is 16.3. The maximum Gasteiger partial charge on any atom is 0.270 e. The number of carbonyl (C=O) groups is 1. The molecule has 0 unspecified atom stereocenters. The van der Waals surface area contributed by atoms with Gasteiger partial charge in [-0.25, -0.2) is 4.98 Å². The van der Waals surface area contributed by atoms with Gasteiger partial charge in [-0.3, -0.25) is 14.5 Å². The zero-order valence-electron chi connectivity index (χ0n) is 15.7. The minimum Gasteiger partial charge on any atom is -0.468 e. The van der Waals surface area contributed by atoms with Crippen LogP contribution in [0.4, 0.5) is 0 Å². The summed E-state index contributed by atoms with van der Waals surface area (Å²) in [6, 6.07) is 11.3. The number of fused-ring (bicyclic) bond motifs is 1. The lowest BCUT2D eigenvalue weighted by Gasteiger charge is -2.26. The summed E-state index contributed by atoms with van der Waals surface area (Å²) in [6.45, 7) is 2.52. The number of aromatic nitrogens is 2. The van der Waals surface area contributed by atoms with E-state index in [9.17, 15) is 9.59 Å². The van der Waals surface area contributed by atoms with Crippen molar-refractivity contribution in [3.63, 3.8) is 0 Å². The molecular formula is C21H24N4O3. The van der Waals surface area contributed by atoms with Crippen molar-refractivity contribution in [3.05, 3.63) is 64.5 Å². The zero-order valence-corrected chi connectivity index (χ0v) is 15.7. The van der Waals surface area contributed by atoms with E-state index in [0.717, 1.165) is 24.4 Å². The lowest BCUT2D eigenvalue weighted by Crippen LogP contribution is -2.36. The first-order valence-corrected chi connectivity index (χ1v) is 9.73. The summed E-state index contributed by atoms with van der Waals surface area (Å²) in [5.41, 5.74) is 1.57. The molecule has 7 nitrogen and oxygen atoms in total. The van der Waals surface area contributed by atoms with Gasteiger partial charge in [0.25, 0.3) is 5.56 Å². The van der Waals surface area contributed by atoms with Gasteiger partial charge in [-0.05, 0) is 50.2 Å². The van der Waals surface area contributed by atoms with Crippen molar-refractivity contribution < 1.29 is 9.21 Å². The molecule has 3 aromatic rings. The highest BCUT2D eigenvalue weighted by Crippen LogP contribution is 2.24. The maximum atomic E-state index is 12.4. The molecule has 0 radical (unpaired) electrons. The summed E-state index contributed by atoms with van der Waals surface area (Å²) < 4.78 is 5.58. The molecule has 2 aromatic heterocycles. The number of aryl methyl sites for hydroxylation is 1. The van der Waals surface area contributed by atoms with E-state index in [1.165, 1.54) is 12.8 Å². The van der Waals surface area contributed by atoms with E-state index in [1.54, 1.807) is 6.26 Å². The van der Waals surface area contributed by atoms with Crippen LogP contribution in [0.15, 0.2) is 51.9 Å².